The number of nitro groups is 1. The van der Waals surface area contributed by atoms with E-state index >= 15 is 0 Å². The zero-order valence-corrected chi connectivity index (χ0v) is 12.8. The Balaban J connectivity index is 1.70. The van der Waals surface area contributed by atoms with Gasteiger partial charge in [-0.2, -0.15) is 11.8 Å². The highest BCUT2D eigenvalue weighted by molar-refractivity contribution is 7.99. The van der Waals surface area contributed by atoms with Gasteiger partial charge >= 0.3 is 0 Å². The summed E-state index contributed by atoms with van der Waals surface area (Å²) in [5.41, 5.74) is 0.870. The van der Waals surface area contributed by atoms with Crippen molar-refractivity contribution in [3.05, 3.63) is 27.9 Å². The number of aryl methyl sites for hydroxylation is 1. The molecule has 3 heterocycles. The van der Waals surface area contributed by atoms with Crippen LogP contribution >= 0.6 is 11.8 Å². The van der Waals surface area contributed by atoms with Gasteiger partial charge in [0.2, 0.25) is 0 Å². The number of aromatic nitrogens is 1. The average Bonchev–Trinajstić information content (AvgIpc) is 2.89. The molecule has 114 valence electrons. The Morgan fingerprint density at radius 2 is 2.48 bits per heavy atom. The molecule has 2 atom stereocenters. The number of thioether (sulfide) groups is 1. The lowest BCUT2D eigenvalue weighted by Crippen LogP contribution is -2.44. The minimum atomic E-state index is -0.414. The van der Waals surface area contributed by atoms with E-state index in [0.29, 0.717) is 6.04 Å². The molecular formula is C14H19N3O3S. The van der Waals surface area contributed by atoms with Gasteiger partial charge in [-0.15, -0.1) is 0 Å². The molecule has 7 heteroatoms. The van der Waals surface area contributed by atoms with Gasteiger partial charge in [-0.25, -0.2) is 4.98 Å². The lowest BCUT2D eigenvalue weighted by Gasteiger charge is -2.38. The van der Waals surface area contributed by atoms with Crippen LogP contribution in [0.2, 0.25) is 0 Å². The van der Waals surface area contributed by atoms with E-state index in [2.05, 4.69) is 10.3 Å². The summed E-state index contributed by atoms with van der Waals surface area (Å²) < 4.78 is 6.00. The minimum absolute atomic E-state index is 0.0231. The first kappa shape index (κ1) is 14.6. The monoisotopic (exact) mass is 309 g/mol. The minimum Gasteiger partial charge on any atom is -0.374 e. The van der Waals surface area contributed by atoms with Crippen molar-refractivity contribution < 1.29 is 9.66 Å². The van der Waals surface area contributed by atoms with Gasteiger partial charge in [0.15, 0.2) is 0 Å². The van der Waals surface area contributed by atoms with Crippen LogP contribution in [-0.4, -0.2) is 39.7 Å². The fraction of sp³-hybridized carbons (Fsp3) is 0.643. The number of ether oxygens (including phenoxy) is 1. The lowest BCUT2D eigenvalue weighted by molar-refractivity contribution is -0.385. The van der Waals surface area contributed by atoms with Crippen LogP contribution in [0, 0.1) is 17.0 Å². The smallest absolute Gasteiger partial charge is 0.287 e. The average molecular weight is 309 g/mol. The van der Waals surface area contributed by atoms with Gasteiger partial charge in [0.05, 0.1) is 10.5 Å². The molecule has 0 saturated carbocycles. The molecule has 0 amide bonds. The molecule has 0 aromatic carbocycles. The molecular weight excluding hydrogens is 290 g/mol. The third-order valence-electron chi connectivity index (χ3n) is 4.18. The van der Waals surface area contributed by atoms with Crippen LogP contribution in [0.25, 0.3) is 0 Å². The quantitative estimate of drug-likeness (QED) is 0.683. The summed E-state index contributed by atoms with van der Waals surface area (Å²) >= 11 is 1.95. The zero-order valence-electron chi connectivity index (χ0n) is 12.0. The maximum absolute atomic E-state index is 10.8. The lowest BCUT2D eigenvalue weighted by atomic mass is 9.90. The van der Waals surface area contributed by atoms with E-state index in [1.165, 1.54) is 11.9 Å². The molecule has 6 nitrogen and oxygen atoms in total. The van der Waals surface area contributed by atoms with Gasteiger partial charge in [0, 0.05) is 24.5 Å². The molecule has 2 saturated heterocycles. The van der Waals surface area contributed by atoms with Crippen molar-refractivity contribution in [1.29, 1.82) is 0 Å². The highest BCUT2D eigenvalue weighted by Crippen LogP contribution is 2.39. The Morgan fingerprint density at radius 1 is 1.62 bits per heavy atom. The predicted molar refractivity (Wildman–Crippen MR) is 82.9 cm³/mol. The van der Waals surface area contributed by atoms with E-state index in [1.54, 1.807) is 6.07 Å². The first-order valence-electron chi connectivity index (χ1n) is 7.17. The molecule has 0 bridgehead atoms. The van der Waals surface area contributed by atoms with Gasteiger partial charge in [-0.3, -0.25) is 10.1 Å². The van der Waals surface area contributed by atoms with Crippen LogP contribution in [0.3, 0.4) is 0 Å². The Hall–Kier alpha value is -1.34. The summed E-state index contributed by atoms with van der Waals surface area (Å²) in [5.74, 6) is 2.98. The number of hydrogen-bond acceptors (Lipinski definition) is 6. The number of rotatable bonds is 3. The summed E-state index contributed by atoms with van der Waals surface area (Å²) in [5, 5.41) is 14.2. The van der Waals surface area contributed by atoms with Gasteiger partial charge in [-0.05, 0) is 37.5 Å². The van der Waals surface area contributed by atoms with Crippen molar-refractivity contribution in [3.63, 3.8) is 0 Å². The van der Waals surface area contributed by atoms with E-state index in [-0.39, 0.29) is 11.3 Å². The molecule has 2 aliphatic heterocycles. The normalized spacial score (nSPS) is 28.7. The standard InChI is InChI=1S/C14H19N3O3S/c1-10-6-12(17(18)19)8-15-13(10)16-11-2-4-20-14(7-11)3-5-21-9-14/h6,8,11H,2-5,7,9H2,1H3,(H,15,16)/t11-,14-/m1/s1. The van der Waals surface area contributed by atoms with Crippen molar-refractivity contribution >= 4 is 23.3 Å². The van der Waals surface area contributed by atoms with Crippen LogP contribution < -0.4 is 5.32 Å². The van der Waals surface area contributed by atoms with Crippen LogP contribution in [0.5, 0.6) is 0 Å². The van der Waals surface area contributed by atoms with E-state index in [9.17, 15) is 10.1 Å². The highest BCUT2D eigenvalue weighted by atomic mass is 32.2. The zero-order chi connectivity index (χ0) is 14.9. The van der Waals surface area contributed by atoms with E-state index in [1.807, 2.05) is 18.7 Å². The summed E-state index contributed by atoms with van der Waals surface area (Å²) in [6, 6.07) is 1.89. The predicted octanol–water partition coefficient (Wildman–Crippen LogP) is 2.76. The SMILES string of the molecule is Cc1cc([N+](=O)[O-])cnc1N[C@@H]1CCO[C@]2(CCSC2)C1. The Bertz CT molecular complexity index is 546. The Kier molecular flexibility index (Phi) is 4.03. The second kappa shape index (κ2) is 5.81. The van der Waals surface area contributed by atoms with E-state index in [4.69, 9.17) is 4.74 Å². The fourth-order valence-corrected chi connectivity index (χ4v) is 4.40. The van der Waals surface area contributed by atoms with E-state index < -0.39 is 4.92 Å². The third-order valence-corrected chi connectivity index (χ3v) is 5.40. The number of pyridine rings is 1. The first-order valence-corrected chi connectivity index (χ1v) is 8.33. The Morgan fingerprint density at radius 3 is 3.14 bits per heavy atom. The molecule has 2 fully saturated rings. The molecule has 0 aliphatic carbocycles. The van der Waals surface area contributed by atoms with Crippen molar-refractivity contribution in [3.8, 4) is 0 Å². The van der Waals surface area contributed by atoms with Gasteiger partial charge in [0.25, 0.3) is 5.69 Å². The molecule has 1 N–H and O–H groups in total. The van der Waals surface area contributed by atoms with Crippen LogP contribution in [0.4, 0.5) is 11.5 Å². The van der Waals surface area contributed by atoms with Crippen molar-refractivity contribution in [2.75, 3.05) is 23.4 Å². The van der Waals surface area contributed by atoms with Gasteiger partial charge in [-0.1, -0.05) is 0 Å². The van der Waals surface area contributed by atoms with Crippen molar-refractivity contribution in [2.24, 2.45) is 0 Å². The Labute approximate surface area is 127 Å². The number of anilines is 1. The van der Waals surface area contributed by atoms with Crippen molar-refractivity contribution in [1.82, 2.24) is 4.98 Å². The largest absolute Gasteiger partial charge is 0.374 e. The molecule has 0 radical (unpaired) electrons. The molecule has 3 rings (SSSR count). The van der Waals surface area contributed by atoms with Crippen LogP contribution in [0.15, 0.2) is 12.3 Å². The maximum Gasteiger partial charge on any atom is 0.287 e. The number of nitrogens with one attached hydrogen (secondary N) is 1. The molecule has 0 unspecified atom stereocenters. The molecule has 21 heavy (non-hydrogen) atoms. The van der Waals surface area contributed by atoms with Crippen LogP contribution in [0.1, 0.15) is 24.8 Å². The maximum atomic E-state index is 10.8. The second-order valence-corrected chi connectivity index (χ2v) is 6.89. The van der Waals surface area contributed by atoms with E-state index in [0.717, 1.165) is 43.0 Å². The summed E-state index contributed by atoms with van der Waals surface area (Å²) in [4.78, 5) is 14.5. The highest BCUT2D eigenvalue weighted by Gasteiger charge is 2.40. The van der Waals surface area contributed by atoms with Gasteiger partial charge in [0.1, 0.15) is 12.0 Å². The number of hydrogen-bond donors (Lipinski definition) is 1. The van der Waals surface area contributed by atoms with Gasteiger partial charge < -0.3 is 10.1 Å². The molecule has 1 spiro atoms. The molecule has 1 aromatic heterocycles. The van der Waals surface area contributed by atoms with Crippen molar-refractivity contribution in [2.45, 2.75) is 37.8 Å². The topological polar surface area (TPSA) is 77.3 Å². The number of nitrogens with zero attached hydrogens (tertiary/aromatic N) is 2. The molecule has 1 aromatic rings. The second-order valence-electron chi connectivity index (χ2n) is 5.78. The molecule has 2 aliphatic rings. The van der Waals surface area contributed by atoms with Crippen LogP contribution in [-0.2, 0) is 4.74 Å². The summed E-state index contributed by atoms with van der Waals surface area (Å²) in [6.45, 7) is 2.62. The summed E-state index contributed by atoms with van der Waals surface area (Å²) in [6.07, 6.45) is 4.36. The fourth-order valence-electron chi connectivity index (χ4n) is 3.02. The summed E-state index contributed by atoms with van der Waals surface area (Å²) in [7, 11) is 0. The first-order chi connectivity index (χ1) is 10.1. The third kappa shape index (κ3) is 3.13.